The molecule has 0 spiro atoms. The highest BCUT2D eigenvalue weighted by Gasteiger charge is 2.23. The maximum absolute atomic E-state index is 12.8. The van der Waals surface area contributed by atoms with Crippen LogP contribution in [0.1, 0.15) is 50.7 Å². The van der Waals surface area contributed by atoms with Gasteiger partial charge in [-0.1, -0.05) is 43.8 Å². The fraction of sp³-hybridized carbons (Fsp3) is 0.550. The third kappa shape index (κ3) is 4.67. The molecule has 1 aliphatic rings. The van der Waals surface area contributed by atoms with Crippen molar-refractivity contribution in [2.45, 2.75) is 69.5 Å². The number of aryl methyl sites for hydroxylation is 1. The van der Waals surface area contributed by atoms with E-state index in [1.807, 2.05) is 32.0 Å². The Morgan fingerprint density at radius 1 is 1.43 bits per heavy atom. The van der Waals surface area contributed by atoms with Crippen LogP contribution in [0.5, 0.6) is 0 Å². The summed E-state index contributed by atoms with van der Waals surface area (Å²) in [6.45, 7) is 9.22. The summed E-state index contributed by atoms with van der Waals surface area (Å²) >= 11 is 1.27. The smallest absolute Gasteiger partial charge is 0.344 e. The second kappa shape index (κ2) is 8.96. The van der Waals surface area contributed by atoms with Crippen molar-refractivity contribution in [3.8, 4) is 0 Å². The molecule has 1 aromatic carbocycles. The molecule has 1 fully saturated rings. The molecule has 2 aromatic rings. The van der Waals surface area contributed by atoms with Crippen molar-refractivity contribution in [2.75, 3.05) is 11.9 Å². The van der Waals surface area contributed by atoms with Gasteiger partial charge in [-0.05, 0) is 43.7 Å². The number of nitrogens with one attached hydrogen (secondary N) is 2. The van der Waals surface area contributed by atoms with Crippen molar-refractivity contribution in [3.05, 3.63) is 39.8 Å². The number of aromatic amines is 1. The van der Waals surface area contributed by atoms with E-state index in [1.165, 1.54) is 11.8 Å². The van der Waals surface area contributed by atoms with E-state index in [1.54, 1.807) is 4.57 Å². The van der Waals surface area contributed by atoms with Crippen LogP contribution in [0.4, 0.5) is 5.69 Å². The summed E-state index contributed by atoms with van der Waals surface area (Å²) in [6.07, 6.45) is 1.97. The van der Waals surface area contributed by atoms with Crippen molar-refractivity contribution in [1.82, 2.24) is 14.8 Å². The third-order valence-corrected chi connectivity index (χ3v) is 6.05. The van der Waals surface area contributed by atoms with Gasteiger partial charge in [0.2, 0.25) is 5.91 Å². The summed E-state index contributed by atoms with van der Waals surface area (Å²) in [5.74, 6) is 0.196. The number of rotatable bonds is 7. The standard InChI is InChI=1S/C20H28N4O3S/c1-12(2)16-9-5-7-13(3)17(16)21-18(25)14(4)28-20-23-22-19(26)24(20)11-15-8-6-10-27-15/h5,7,9,12,14-15H,6,8,10-11H2,1-4H3,(H,21,25)(H,22,26). The minimum atomic E-state index is -0.405. The average Bonchev–Trinajstić information content (AvgIpc) is 3.28. The van der Waals surface area contributed by atoms with Gasteiger partial charge >= 0.3 is 5.69 Å². The Bertz CT molecular complexity index is 884. The molecule has 0 aliphatic carbocycles. The van der Waals surface area contributed by atoms with Crippen molar-refractivity contribution < 1.29 is 9.53 Å². The molecule has 2 unspecified atom stereocenters. The van der Waals surface area contributed by atoms with Gasteiger partial charge in [-0.3, -0.25) is 9.36 Å². The van der Waals surface area contributed by atoms with Gasteiger partial charge in [0, 0.05) is 12.3 Å². The topological polar surface area (TPSA) is 89.0 Å². The Labute approximate surface area is 169 Å². The van der Waals surface area contributed by atoms with Gasteiger partial charge in [0.05, 0.1) is 17.9 Å². The first kappa shape index (κ1) is 20.7. The summed E-state index contributed by atoms with van der Waals surface area (Å²) in [4.78, 5) is 24.9. The molecule has 2 heterocycles. The lowest BCUT2D eigenvalue weighted by atomic mass is 9.98. The molecule has 0 radical (unpaired) electrons. The predicted molar refractivity (Wildman–Crippen MR) is 111 cm³/mol. The Balaban J connectivity index is 1.71. The molecule has 8 heteroatoms. The zero-order chi connectivity index (χ0) is 20.3. The molecule has 2 N–H and O–H groups in total. The van der Waals surface area contributed by atoms with Gasteiger partial charge in [0.15, 0.2) is 5.16 Å². The Morgan fingerprint density at radius 2 is 2.21 bits per heavy atom. The van der Waals surface area contributed by atoms with E-state index in [-0.39, 0.29) is 17.7 Å². The summed E-state index contributed by atoms with van der Waals surface area (Å²) in [7, 11) is 0. The largest absolute Gasteiger partial charge is 0.376 e. The van der Waals surface area contributed by atoms with Crippen molar-refractivity contribution >= 4 is 23.4 Å². The monoisotopic (exact) mass is 404 g/mol. The highest BCUT2D eigenvalue weighted by molar-refractivity contribution is 8.00. The van der Waals surface area contributed by atoms with E-state index in [4.69, 9.17) is 4.74 Å². The molecule has 2 atom stereocenters. The molecule has 28 heavy (non-hydrogen) atoms. The van der Waals surface area contributed by atoms with E-state index >= 15 is 0 Å². The van der Waals surface area contributed by atoms with Gasteiger partial charge in [-0.15, -0.1) is 5.10 Å². The van der Waals surface area contributed by atoms with E-state index in [9.17, 15) is 9.59 Å². The van der Waals surface area contributed by atoms with E-state index in [0.29, 0.717) is 17.6 Å². The maximum Gasteiger partial charge on any atom is 0.344 e. The number of hydrogen-bond acceptors (Lipinski definition) is 5. The summed E-state index contributed by atoms with van der Waals surface area (Å²) in [5, 5.41) is 9.77. The minimum Gasteiger partial charge on any atom is -0.376 e. The van der Waals surface area contributed by atoms with Crippen LogP contribution in [0.15, 0.2) is 28.2 Å². The Hall–Kier alpha value is -2.06. The number of thioether (sulfide) groups is 1. The fourth-order valence-electron chi connectivity index (χ4n) is 3.32. The molecule has 1 saturated heterocycles. The number of aromatic nitrogens is 3. The van der Waals surface area contributed by atoms with Crippen LogP contribution < -0.4 is 11.0 Å². The molecule has 0 bridgehead atoms. The molecule has 0 saturated carbocycles. The van der Waals surface area contributed by atoms with Crippen LogP contribution in [-0.2, 0) is 16.1 Å². The number of nitrogens with zero attached hydrogens (tertiary/aromatic N) is 2. The molecular weight excluding hydrogens is 376 g/mol. The minimum absolute atomic E-state index is 0.0272. The number of H-pyrrole nitrogens is 1. The van der Waals surface area contributed by atoms with Gasteiger partial charge in [-0.2, -0.15) is 0 Å². The van der Waals surface area contributed by atoms with Crippen LogP contribution in [0.3, 0.4) is 0 Å². The van der Waals surface area contributed by atoms with Crippen LogP contribution in [0.25, 0.3) is 0 Å². The number of ether oxygens (including phenoxy) is 1. The number of hydrogen-bond donors (Lipinski definition) is 2. The van der Waals surface area contributed by atoms with Crippen molar-refractivity contribution in [1.29, 1.82) is 0 Å². The van der Waals surface area contributed by atoms with Crippen LogP contribution >= 0.6 is 11.8 Å². The van der Waals surface area contributed by atoms with Gasteiger partial charge in [0.25, 0.3) is 0 Å². The summed E-state index contributed by atoms with van der Waals surface area (Å²) < 4.78 is 7.19. The fourth-order valence-corrected chi connectivity index (χ4v) is 4.19. The lowest BCUT2D eigenvalue weighted by Crippen LogP contribution is -2.27. The first-order valence-electron chi connectivity index (χ1n) is 9.70. The van der Waals surface area contributed by atoms with Crippen LogP contribution in [0.2, 0.25) is 0 Å². The lowest BCUT2D eigenvalue weighted by molar-refractivity contribution is -0.115. The van der Waals surface area contributed by atoms with Crippen molar-refractivity contribution in [2.24, 2.45) is 0 Å². The second-order valence-electron chi connectivity index (χ2n) is 7.50. The number of para-hydroxylation sites is 1. The van der Waals surface area contributed by atoms with E-state index in [2.05, 4.69) is 29.4 Å². The Kier molecular flexibility index (Phi) is 6.61. The second-order valence-corrected chi connectivity index (χ2v) is 8.81. The lowest BCUT2D eigenvalue weighted by Gasteiger charge is -2.18. The number of anilines is 1. The van der Waals surface area contributed by atoms with Gasteiger partial charge in [-0.25, -0.2) is 9.89 Å². The number of benzene rings is 1. The quantitative estimate of drug-likeness (QED) is 0.691. The summed E-state index contributed by atoms with van der Waals surface area (Å²) in [5.41, 5.74) is 2.74. The van der Waals surface area contributed by atoms with E-state index in [0.717, 1.165) is 36.3 Å². The van der Waals surface area contributed by atoms with Gasteiger partial charge < -0.3 is 10.1 Å². The number of carbonyl (C=O) groups is 1. The normalized spacial score (nSPS) is 17.8. The predicted octanol–water partition coefficient (Wildman–Crippen LogP) is 3.30. The maximum atomic E-state index is 12.8. The molecule has 1 aliphatic heterocycles. The Morgan fingerprint density at radius 3 is 2.89 bits per heavy atom. The number of carbonyl (C=O) groups excluding carboxylic acids is 1. The highest BCUT2D eigenvalue weighted by atomic mass is 32.2. The molecule has 7 nitrogen and oxygen atoms in total. The first-order valence-corrected chi connectivity index (χ1v) is 10.6. The highest BCUT2D eigenvalue weighted by Crippen LogP contribution is 2.29. The molecule has 3 rings (SSSR count). The summed E-state index contributed by atoms with van der Waals surface area (Å²) in [6, 6.07) is 6.04. The van der Waals surface area contributed by atoms with E-state index < -0.39 is 5.25 Å². The third-order valence-electron chi connectivity index (χ3n) is 4.96. The van der Waals surface area contributed by atoms with Gasteiger partial charge in [0.1, 0.15) is 0 Å². The SMILES string of the molecule is Cc1cccc(C(C)C)c1NC(=O)C(C)Sc1n[nH]c(=O)n1CC1CCCO1. The average molecular weight is 405 g/mol. The van der Waals surface area contributed by atoms with Crippen molar-refractivity contribution in [3.63, 3.8) is 0 Å². The first-order chi connectivity index (χ1) is 13.4. The zero-order valence-electron chi connectivity index (χ0n) is 16.8. The van der Waals surface area contributed by atoms with Crippen LogP contribution in [-0.4, -0.2) is 38.6 Å². The molecule has 1 amide bonds. The van der Waals surface area contributed by atoms with Crippen LogP contribution in [0, 0.1) is 6.92 Å². The molecule has 1 aromatic heterocycles. The molecule has 152 valence electrons. The zero-order valence-corrected chi connectivity index (χ0v) is 17.6. The molecular formula is C20H28N4O3S. The number of amides is 1.